The van der Waals surface area contributed by atoms with E-state index in [1.807, 2.05) is 6.92 Å². The normalized spacial score (nSPS) is 12.7. The van der Waals surface area contributed by atoms with Crippen molar-refractivity contribution in [3.63, 3.8) is 0 Å². The van der Waals surface area contributed by atoms with Crippen molar-refractivity contribution < 1.29 is 9.53 Å². The third kappa shape index (κ3) is 6.34. The predicted molar refractivity (Wildman–Crippen MR) is 53.2 cm³/mol. The minimum absolute atomic E-state index is 0.244. The van der Waals surface area contributed by atoms with Gasteiger partial charge in [0, 0.05) is 12.1 Å². The third-order valence-electron chi connectivity index (χ3n) is 1.45. The van der Waals surface area contributed by atoms with Crippen molar-refractivity contribution in [2.24, 2.45) is 5.92 Å². The van der Waals surface area contributed by atoms with Crippen LogP contribution in [0.4, 0.5) is 0 Å². The molecule has 1 unspecified atom stereocenters. The van der Waals surface area contributed by atoms with E-state index in [9.17, 15) is 4.79 Å². The minimum Gasteiger partial charge on any atom is -0.444 e. The highest BCUT2D eigenvalue weighted by atomic mass is 16.6. The molecular formula is C10H19NO2. The predicted octanol–water partition coefficient (Wildman–Crippen LogP) is 1.70. The van der Waals surface area contributed by atoms with Gasteiger partial charge in [-0.3, -0.25) is 5.32 Å². The average molecular weight is 185 g/mol. The van der Waals surface area contributed by atoms with E-state index in [1.54, 1.807) is 6.92 Å². The van der Waals surface area contributed by atoms with Gasteiger partial charge in [-0.1, -0.05) is 20.4 Å². The Bertz CT molecular complexity index is 187. The Kier molecular flexibility index (Phi) is 5.39. The van der Waals surface area contributed by atoms with Crippen molar-refractivity contribution in [1.29, 1.82) is 0 Å². The minimum atomic E-state index is -0.344. The number of carbonyl (C=O) groups excluding carboxylic acids is 1. The van der Waals surface area contributed by atoms with Gasteiger partial charge in [0.15, 0.2) is 6.23 Å². The first-order valence-corrected chi connectivity index (χ1v) is 4.53. The van der Waals surface area contributed by atoms with Crippen LogP contribution in [0.2, 0.25) is 0 Å². The number of ether oxygens (including phenoxy) is 1. The lowest BCUT2D eigenvalue weighted by Crippen LogP contribution is -2.33. The van der Waals surface area contributed by atoms with Crippen LogP contribution in [0.5, 0.6) is 0 Å². The maximum Gasteiger partial charge on any atom is 0.334 e. The molecule has 0 spiro atoms. The quantitative estimate of drug-likeness (QED) is 0.402. The fourth-order valence-corrected chi connectivity index (χ4v) is 0.704. The summed E-state index contributed by atoms with van der Waals surface area (Å²) in [4.78, 5) is 11.0. The van der Waals surface area contributed by atoms with Crippen LogP contribution < -0.4 is 5.32 Å². The molecule has 1 atom stereocenters. The van der Waals surface area contributed by atoms with E-state index >= 15 is 0 Å². The Morgan fingerprint density at radius 2 is 2.00 bits per heavy atom. The van der Waals surface area contributed by atoms with E-state index < -0.39 is 0 Å². The third-order valence-corrected chi connectivity index (χ3v) is 1.45. The molecule has 0 aliphatic rings. The van der Waals surface area contributed by atoms with E-state index in [4.69, 9.17) is 4.74 Å². The van der Waals surface area contributed by atoms with Crippen molar-refractivity contribution >= 4 is 5.97 Å². The smallest absolute Gasteiger partial charge is 0.334 e. The van der Waals surface area contributed by atoms with Crippen LogP contribution >= 0.6 is 0 Å². The Labute approximate surface area is 80.2 Å². The molecule has 13 heavy (non-hydrogen) atoms. The number of nitrogens with one attached hydrogen (secondary N) is 1. The fraction of sp³-hybridized carbons (Fsp3) is 0.700. The van der Waals surface area contributed by atoms with Gasteiger partial charge in [-0.05, 0) is 19.8 Å². The maximum atomic E-state index is 11.0. The first-order chi connectivity index (χ1) is 5.93. The second-order valence-electron chi connectivity index (χ2n) is 3.63. The summed E-state index contributed by atoms with van der Waals surface area (Å²) in [6.07, 6.45) is -0.244. The fourth-order valence-electron chi connectivity index (χ4n) is 0.704. The van der Waals surface area contributed by atoms with Crippen molar-refractivity contribution in [2.45, 2.75) is 33.9 Å². The lowest BCUT2D eigenvalue weighted by atomic mass is 10.2. The molecule has 76 valence electrons. The van der Waals surface area contributed by atoms with Crippen LogP contribution in [0.25, 0.3) is 0 Å². The average Bonchev–Trinajstić information content (AvgIpc) is 2.00. The lowest BCUT2D eigenvalue weighted by molar-refractivity contribution is -0.144. The number of carbonyl (C=O) groups is 1. The molecule has 0 aromatic heterocycles. The number of esters is 1. The zero-order valence-electron chi connectivity index (χ0n) is 8.89. The molecule has 1 N–H and O–H groups in total. The first kappa shape index (κ1) is 12.2. The molecule has 0 heterocycles. The van der Waals surface area contributed by atoms with Crippen LogP contribution in [0.1, 0.15) is 27.7 Å². The Balaban J connectivity index is 3.68. The van der Waals surface area contributed by atoms with Crippen molar-refractivity contribution in [1.82, 2.24) is 5.32 Å². The van der Waals surface area contributed by atoms with Crippen LogP contribution in [0.15, 0.2) is 12.2 Å². The van der Waals surface area contributed by atoms with Gasteiger partial charge in [-0.15, -0.1) is 0 Å². The van der Waals surface area contributed by atoms with E-state index in [1.165, 1.54) is 0 Å². The summed E-state index contributed by atoms with van der Waals surface area (Å²) in [6, 6.07) is 0. The summed E-state index contributed by atoms with van der Waals surface area (Å²) in [5.74, 6) is 0.203. The van der Waals surface area contributed by atoms with Gasteiger partial charge in [0.1, 0.15) is 0 Å². The van der Waals surface area contributed by atoms with Crippen molar-refractivity contribution in [2.75, 3.05) is 6.54 Å². The summed E-state index contributed by atoms with van der Waals surface area (Å²) in [7, 11) is 0. The Morgan fingerprint density at radius 1 is 1.46 bits per heavy atom. The highest BCUT2D eigenvalue weighted by Gasteiger charge is 2.08. The molecule has 0 aromatic carbocycles. The van der Waals surface area contributed by atoms with Crippen LogP contribution in [0.3, 0.4) is 0 Å². The summed E-state index contributed by atoms with van der Waals surface area (Å²) >= 11 is 0. The zero-order chi connectivity index (χ0) is 10.4. The zero-order valence-corrected chi connectivity index (χ0v) is 8.89. The van der Waals surface area contributed by atoms with E-state index in [0.717, 1.165) is 6.54 Å². The molecule has 0 aromatic rings. The van der Waals surface area contributed by atoms with Gasteiger partial charge in [0.25, 0.3) is 0 Å². The van der Waals surface area contributed by atoms with Crippen LogP contribution in [-0.2, 0) is 9.53 Å². The topological polar surface area (TPSA) is 38.3 Å². The summed E-state index contributed by atoms with van der Waals surface area (Å²) in [5.41, 5.74) is 0.429. The second kappa shape index (κ2) is 5.75. The molecular weight excluding hydrogens is 166 g/mol. The monoisotopic (exact) mass is 185 g/mol. The van der Waals surface area contributed by atoms with Gasteiger partial charge in [0.05, 0.1) is 0 Å². The van der Waals surface area contributed by atoms with E-state index in [2.05, 4.69) is 25.7 Å². The van der Waals surface area contributed by atoms with E-state index in [0.29, 0.717) is 11.5 Å². The standard InChI is InChI=1S/C10H19NO2/c1-7(2)6-11-9(5)13-10(12)8(3)4/h7,9,11H,3,6H2,1-2,4-5H3. The molecule has 0 amide bonds. The van der Waals surface area contributed by atoms with Gasteiger partial charge >= 0.3 is 5.97 Å². The van der Waals surface area contributed by atoms with Gasteiger partial charge in [-0.25, -0.2) is 4.79 Å². The van der Waals surface area contributed by atoms with Crippen LogP contribution in [0, 0.1) is 5.92 Å². The lowest BCUT2D eigenvalue weighted by Gasteiger charge is -2.16. The Morgan fingerprint density at radius 3 is 2.38 bits per heavy atom. The van der Waals surface area contributed by atoms with Crippen molar-refractivity contribution in [3.8, 4) is 0 Å². The molecule has 3 nitrogen and oxygen atoms in total. The molecule has 0 aliphatic heterocycles. The molecule has 0 radical (unpaired) electrons. The SMILES string of the molecule is C=C(C)C(=O)OC(C)NCC(C)C. The molecule has 0 bridgehead atoms. The Hall–Kier alpha value is -0.830. The molecule has 3 heteroatoms. The van der Waals surface area contributed by atoms with Crippen LogP contribution in [-0.4, -0.2) is 18.7 Å². The summed E-state index contributed by atoms with van der Waals surface area (Å²) in [5, 5.41) is 3.08. The van der Waals surface area contributed by atoms with E-state index in [-0.39, 0.29) is 12.2 Å². The van der Waals surface area contributed by atoms with Gasteiger partial charge < -0.3 is 4.74 Å². The van der Waals surface area contributed by atoms with Gasteiger partial charge in [0.2, 0.25) is 0 Å². The number of hydrogen-bond donors (Lipinski definition) is 1. The number of rotatable bonds is 5. The number of hydrogen-bond acceptors (Lipinski definition) is 3. The first-order valence-electron chi connectivity index (χ1n) is 4.53. The van der Waals surface area contributed by atoms with Crippen molar-refractivity contribution in [3.05, 3.63) is 12.2 Å². The molecule has 0 aliphatic carbocycles. The summed E-state index contributed by atoms with van der Waals surface area (Å²) in [6.45, 7) is 12.0. The second-order valence-corrected chi connectivity index (χ2v) is 3.63. The maximum absolute atomic E-state index is 11.0. The highest BCUT2D eigenvalue weighted by Crippen LogP contribution is 1.97. The molecule has 0 saturated heterocycles. The van der Waals surface area contributed by atoms with Gasteiger partial charge in [-0.2, -0.15) is 0 Å². The highest BCUT2D eigenvalue weighted by molar-refractivity contribution is 5.87. The molecule has 0 rings (SSSR count). The molecule has 0 fully saturated rings. The summed E-state index contributed by atoms with van der Waals surface area (Å²) < 4.78 is 5.01. The largest absolute Gasteiger partial charge is 0.444 e. The molecule has 0 saturated carbocycles.